The predicted octanol–water partition coefficient (Wildman–Crippen LogP) is 7.37. The summed E-state index contributed by atoms with van der Waals surface area (Å²) in [7, 11) is 0. The Balaban J connectivity index is 1.68. The summed E-state index contributed by atoms with van der Waals surface area (Å²) in [6.45, 7) is 6.78. The molecule has 1 aromatic carbocycles. The van der Waals surface area contributed by atoms with Crippen LogP contribution in [0.2, 0.25) is 0 Å². The molecule has 2 nitrogen and oxygen atoms in total. The lowest BCUT2D eigenvalue weighted by Gasteiger charge is -2.21. The maximum atomic E-state index is 4.90. The average molecular weight is 399 g/mol. The summed E-state index contributed by atoms with van der Waals surface area (Å²) in [6, 6.07) is 13.1. The van der Waals surface area contributed by atoms with Gasteiger partial charge in [-0.3, -0.25) is 4.98 Å². The van der Waals surface area contributed by atoms with Crippen molar-refractivity contribution in [1.82, 2.24) is 4.98 Å². The highest BCUT2D eigenvalue weighted by Crippen LogP contribution is 2.35. The van der Waals surface area contributed by atoms with E-state index in [1.807, 2.05) is 41.9 Å². The summed E-state index contributed by atoms with van der Waals surface area (Å²) in [6.07, 6.45) is 10.4. The lowest BCUT2D eigenvalue weighted by Crippen LogP contribution is -2.11. The van der Waals surface area contributed by atoms with Gasteiger partial charge >= 0.3 is 0 Å². The third kappa shape index (κ3) is 6.69. The van der Waals surface area contributed by atoms with Crippen LogP contribution in [0, 0.1) is 0 Å². The van der Waals surface area contributed by atoms with Crippen LogP contribution in [-0.2, 0) is 11.2 Å². The van der Waals surface area contributed by atoms with Crippen LogP contribution < -0.4 is 0 Å². The van der Waals surface area contributed by atoms with Crippen LogP contribution in [0.25, 0.3) is 0 Å². The number of thioether (sulfide) groups is 2. The molecular formula is C23H30N2S2. The number of benzene rings is 1. The number of hydrogen-bond donors (Lipinski definition) is 0. The molecule has 3 rings (SSSR count). The Labute approximate surface area is 172 Å². The average Bonchev–Trinajstić information content (AvgIpc) is 2.67. The van der Waals surface area contributed by atoms with E-state index in [4.69, 9.17) is 4.99 Å². The molecule has 1 aliphatic carbocycles. The third-order valence-electron chi connectivity index (χ3n) is 4.87. The van der Waals surface area contributed by atoms with Crippen LogP contribution in [0.3, 0.4) is 0 Å². The lowest BCUT2D eigenvalue weighted by molar-refractivity contribution is 0.517. The van der Waals surface area contributed by atoms with Gasteiger partial charge in [-0.05, 0) is 41.5 Å². The van der Waals surface area contributed by atoms with Gasteiger partial charge < -0.3 is 0 Å². The molecule has 0 saturated heterocycles. The summed E-state index contributed by atoms with van der Waals surface area (Å²) in [5.74, 6) is 0.962. The van der Waals surface area contributed by atoms with Crippen molar-refractivity contribution >= 4 is 33.6 Å². The van der Waals surface area contributed by atoms with E-state index in [1.54, 1.807) is 6.20 Å². The van der Waals surface area contributed by atoms with Crippen LogP contribution in [0.5, 0.6) is 0 Å². The van der Waals surface area contributed by atoms with E-state index in [0.717, 1.165) is 11.4 Å². The first-order chi connectivity index (χ1) is 13.0. The second kappa shape index (κ2) is 9.79. The van der Waals surface area contributed by atoms with E-state index in [1.165, 1.54) is 47.6 Å². The normalized spacial score (nSPS) is 16.5. The second-order valence-electron chi connectivity index (χ2n) is 8.20. The Morgan fingerprint density at radius 3 is 2.44 bits per heavy atom. The van der Waals surface area contributed by atoms with Gasteiger partial charge in [0.1, 0.15) is 4.38 Å². The Hall–Kier alpha value is -1.26. The van der Waals surface area contributed by atoms with Crippen molar-refractivity contribution in [3.05, 3.63) is 59.9 Å². The van der Waals surface area contributed by atoms with E-state index < -0.39 is 0 Å². The maximum absolute atomic E-state index is 4.90. The summed E-state index contributed by atoms with van der Waals surface area (Å²) in [5.41, 5.74) is 3.90. The predicted molar refractivity (Wildman–Crippen MR) is 122 cm³/mol. The van der Waals surface area contributed by atoms with Crippen LogP contribution in [0.15, 0.2) is 53.8 Å². The fourth-order valence-electron chi connectivity index (χ4n) is 3.19. The largest absolute Gasteiger partial charge is 0.262 e. The van der Waals surface area contributed by atoms with Gasteiger partial charge in [0.2, 0.25) is 0 Å². The van der Waals surface area contributed by atoms with Crippen molar-refractivity contribution in [2.45, 2.75) is 69.3 Å². The van der Waals surface area contributed by atoms with Gasteiger partial charge in [0.25, 0.3) is 0 Å². The van der Waals surface area contributed by atoms with E-state index >= 15 is 0 Å². The van der Waals surface area contributed by atoms with Gasteiger partial charge in [-0.1, -0.05) is 87.8 Å². The Kier molecular flexibility index (Phi) is 7.42. The fourth-order valence-corrected chi connectivity index (χ4v) is 5.71. The first-order valence-electron chi connectivity index (χ1n) is 9.88. The smallest absolute Gasteiger partial charge is 0.131 e. The van der Waals surface area contributed by atoms with Crippen LogP contribution in [0.1, 0.15) is 64.0 Å². The summed E-state index contributed by atoms with van der Waals surface area (Å²) in [4.78, 5) is 9.11. The van der Waals surface area contributed by atoms with Crippen LogP contribution in [-0.4, -0.2) is 14.6 Å². The zero-order valence-corrected chi connectivity index (χ0v) is 18.3. The number of rotatable bonds is 4. The van der Waals surface area contributed by atoms with Crippen molar-refractivity contribution < 1.29 is 0 Å². The van der Waals surface area contributed by atoms with Gasteiger partial charge in [-0.15, -0.1) is 0 Å². The molecule has 0 bridgehead atoms. The van der Waals surface area contributed by atoms with E-state index in [-0.39, 0.29) is 5.41 Å². The van der Waals surface area contributed by atoms with Crippen molar-refractivity contribution in [1.29, 1.82) is 0 Å². The van der Waals surface area contributed by atoms with Gasteiger partial charge in [0.05, 0.1) is 11.9 Å². The number of hydrogen-bond acceptors (Lipinski definition) is 4. The molecule has 1 saturated carbocycles. The Bertz CT molecular complexity index is 727. The van der Waals surface area contributed by atoms with Crippen molar-refractivity contribution in [3.63, 3.8) is 0 Å². The first kappa shape index (κ1) is 20.5. The van der Waals surface area contributed by atoms with E-state index in [2.05, 4.69) is 50.0 Å². The zero-order chi connectivity index (χ0) is 19.1. The Morgan fingerprint density at radius 2 is 1.81 bits per heavy atom. The zero-order valence-electron chi connectivity index (χ0n) is 16.6. The fraction of sp³-hybridized carbons (Fsp3) is 0.478. The lowest BCUT2D eigenvalue weighted by atomic mass is 9.87. The highest BCUT2D eigenvalue weighted by molar-refractivity contribution is 8.38. The molecule has 144 valence electrons. The number of pyridine rings is 1. The highest BCUT2D eigenvalue weighted by Gasteiger charge is 2.18. The molecule has 0 spiro atoms. The van der Waals surface area contributed by atoms with E-state index in [0.29, 0.717) is 5.25 Å². The quantitative estimate of drug-likeness (QED) is 0.397. The maximum Gasteiger partial charge on any atom is 0.131 e. The highest BCUT2D eigenvalue weighted by atomic mass is 32.2. The molecule has 1 aromatic heterocycles. The molecule has 0 aliphatic heterocycles. The minimum absolute atomic E-state index is 0.204. The summed E-state index contributed by atoms with van der Waals surface area (Å²) in [5, 5.41) is 0.713. The number of nitrogens with zero attached hydrogens (tertiary/aromatic N) is 2. The molecule has 0 atom stereocenters. The van der Waals surface area contributed by atoms with Crippen LogP contribution in [0.4, 0.5) is 5.69 Å². The molecule has 2 aromatic rings. The molecule has 1 fully saturated rings. The minimum atomic E-state index is 0.204. The minimum Gasteiger partial charge on any atom is -0.262 e. The third-order valence-corrected chi connectivity index (χ3v) is 7.42. The molecule has 0 unspecified atom stereocenters. The molecule has 1 heterocycles. The summed E-state index contributed by atoms with van der Waals surface area (Å²) < 4.78 is 1.18. The molecular weight excluding hydrogens is 368 g/mol. The molecule has 1 aliphatic rings. The first-order valence-corrected chi connectivity index (χ1v) is 11.7. The van der Waals surface area contributed by atoms with Crippen LogP contribution >= 0.6 is 23.5 Å². The molecule has 4 heteroatoms. The molecule has 0 N–H and O–H groups in total. The van der Waals surface area contributed by atoms with Gasteiger partial charge in [0, 0.05) is 17.2 Å². The molecule has 27 heavy (non-hydrogen) atoms. The van der Waals surface area contributed by atoms with Gasteiger partial charge in [0.15, 0.2) is 0 Å². The monoisotopic (exact) mass is 398 g/mol. The van der Waals surface area contributed by atoms with Gasteiger partial charge in [-0.2, -0.15) is 0 Å². The molecule has 0 amide bonds. The SMILES string of the molecule is CC(C)(C)c1ccc(CSC(=Nc2cccnc2)SC2CCCCC2)cc1. The number of aliphatic imine (C=N–C) groups is 1. The number of aromatic nitrogens is 1. The van der Waals surface area contributed by atoms with Crippen molar-refractivity contribution in [2.75, 3.05) is 0 Å². The topological polar surface area (TPSA) is 25.2 Å². The summed E-state index contributed by atoms with van der Waals surface area (Å²) >= 11 is 3.83. The second-order valence-corrected chi connectivity index (χ2v) is 10.7. The molecule has 0 radical (unpaired) electrons. The van der Waals surface area contributed by atoms with Crippen molar-refractivity contribution in [2.24, 2.45) is 4.99 Å². The van der Waals surface area contributed by atoms with E-state index in [9.17, 15) is 0 Å². The van der Waals surface area contributed by atoms with Gasteiger partial charge in [-0.25, -0.2) is 4.99 Å². The van der Waals surface area contributed by atoms with Crippen molar-refractivity contribution in [3.8, 4) is 0 Å². The Morgan fingerprint density at radius 1 is 1.07 bits per heavy atom. The standard InChI is InChI=1S/C23H30N2S2/c1-23(2,3)19-13-11-18(12-14-19)17-26-22(25-20-8-7-15-24-16-20)27-21-9-5-4-6-10-21/h7-8,11-16,21H,4-6,9-10,17H2,1-3H3.